The summed E-state index contributed by atoms with van der Waals surface area (Å²) in [6.45, 7) is 8.74. The van der Waals surface area contributed by atoms with Gasteiger partial charge in [-0.3, -0.25) is 4.79 Å². The van der Waals surface area contributed by atoms with Crippen LogP contribution in [0.4, 0.5) is 5.82 Å². The summed E-state index contributed by atoms with van der Waals surface area (Å²) in [6, 6.07) is 3.58. The molecule has 0 aliphatic heterocycles. The van der Waals surface area contributed by atoms with Crippen LogP contribution in [0.3, 0.4) is 0 Å². The number of amides is 1. The minimum atomic E-state index is -0.144. The molecule has 0 saturated heterocycles. The maximum Gasteiger partial charge on any atom is 0.271 e. The monoisotopic (exact) mass is 264 g/mol. The standard InChI is InChI=1S/C14H24N4O/c1-4-7-8-11-15-14(19)12-9-10-13(17-16-12)18(5-2)6-3/h9-10H,4-8,11H2,1-3H3,(H,15,19). The maximum absolute atomic E-state index is 11.8. The van der Waals surface area contributed by atoms with Crippen molar-refractivity contribution in [2.24, 2.45) is 0 Å². The largest absolute Gasteiger partial charge is 0.356 e. The molecule has 0 aromatic carbocycles. The molecule has 1 aromatic rings. The lowest BCUT2D eigenvalue weighted by Gasteiger charge is -2.18. The third-order valence-corrected chi connectivity index (χ3v) is 3.04. The van der Waals surface area contributed by atoms with Gasteiger partial charge in [0.1, 0.15) is 0 Å². The van der Waals surface area contributed by atoms with E-state index in [0.29, 0.717) is 12.2 Å². The Morgan fingerprint density at radius 3 is 2.42 bits per heavy atom. The van der Waals surface area contributed by atoms with Crippen LogP contribution < -0.4 is 10.2 Å². The van der Waals surface area contributed by atoms with Gasteiger partial charge in [-0.2, -0.15) is 0 Å². The minimum absolute atomic E-state index is 0.144. The summed E-state index contributed by atoms with van der Waals surface area (Å²) >= 11 is 0. The van der Waals surface area contributed by atoms with E-state index in [1.54, 1.807) is 6.07 Å². The third-order valence-electron chi connectivity index (χ3n) is 3.04. The van der Waals surface area contributed by atoms with Crippen LogP contribution in [0.15, 0.2) is 12.1 Å². The number of aromatic nitrogens is 2. The van der Waals surface area contributed by atoms with E-state index >= 15 is 0 Å². The van der Waals surface area contributed by atoms with E-state index in [0.717, 1.165) is 38.2 Å². The van der Waals surface area contributed by atoms with Crippen LogP contribution in [0.5, 0.6) is 0 Å². The predicted octanol–water partition coefficient (Wildman–Crippen LogP) is 2.24. The van der Waals surface area contributed by atoms with Gasteiger partial charge in [-0.25, -0.2) is 0 Å². The Morgan fingerprint density at radius 2 is 1.89 bits per heavy atom. The highest BCUT2D eigenvalue weighted by molar-refractivity contribution is 5.92. The maximum atomic E-state index is 11.8. The van der Waals surface area contributed by atoms with Crippen molar-refractivity contribution in [3.8, 4) is 0 Å². The van der Waals surface area contributed by atoms with E-state index in [1.165, 1.54) is 0 Å². The topological polar surface area (TPSA) is 58.1 Å². The zero-order chi connectivity index (χ0) is 14.1. The summed E-state index contributed by atoms with van der Waals surface area (Å²) in [5.74, 6) is 0.669. The van der Waals surface area contributed by atoms with Crippen LogP contribution in [0.25, 0.3) is 0 Å². The highest BCUT2D eigenvalue weighted by Crippen LogP contribution is 2.08. The van der Waals surface area contributed by atoms with E-state index in [-0.39, 0.29) is 5.91 Å². The number of nitrogens with one attached hydrogen (secondary N) is 1. The van der Waals surface area contributed by atoms with E-state index in [1.807, 2.05) is 6.07 Å². The average Bonchev–Trinajstić information content (AvgIpc) is 2.45. The van der Waals surface area contributed by atoms with Gasteiger partial charge in [0.25, 0.3) is 5.91 Å². The van der Waals surface area contributed by atoms with E-state index in [2.05, 4.69) is 41.2 Å². The Kier molecular flexibility index (Phi) is 6.85. The van der Waals surface area contributed by atoms with Gasteiger partial charge in [0, 0.05) is 19.6 Å². The summed E-state index contributed by atoms with van der Waals surface area (Å²) < 4.78 is 0. The van der Waals surface area contributed by atoms with Crippen molar-refractivity contribution in [3.05, 3.63) is 17.8 Å². The van der Waals surface area contributed by atoms with Gasteiger partial charge in [-0.1, -0.05) is 19.8 Å². The van der Waals surface area contributed by atoms with Crippen LogP contribution in [-0.2, 0) is 0 Å². The predicted molar refractivity (Wildman–Crippen MR) is 77.5 cm³/mol. The molecule has 1 heterocycles. The third kappa shape index (κ3) is 4.85. The Bertz CT molecular complexity index is 374. The normalized spacial score (nSPS) is 10.3. The first-order chi connectivity index (χ1) is 9.22. The molecule has 0 unspecified atom stereocenters. The van der Waals surface area contributed by atoms with Crippen LogP contribution in [0, 0.1) is 0 Å². The van der Waals surface area contributed by atoms with Gasteiger partial charge in [-0.15, -0.1) is 10.2 Å². The summed E-state index contributed by atoms with van der Waals surface area (Å²) in [5, 5.41) is 10.9. The number of unbranched alkanes of at least 4 members (excludes halogenated alkanes) is 2. The first kappa shape index (κ1) is 15.4. The molecule has 0 bridgehead atoms. The fraction of sp³-hybridized carbons (Fsp3) is 0.643. The van der Waals surface area contributed by atoms with E-state index in [4.69, 9.17) is 0 Å². The number of anilines is 1. The molecule has 0 radical (unpaired) electrons. The molecule has 0 fully saturated rings. The van der Waals surface area contributed by atoms with Crippen LogP contribution in [-0.4, -0.2) is 35.7 Å². The molecule has 0 atom stereocenters. The molecular weight excluding hydrogens is 240 g/mol. The molecular formula is C14H24N4O. The van der Waals surface area contributed by atoms with Gasteiger partial charge in [0.15, 0.2) is 11.5 Å². The average molecular weight is 264 g/mol. The Labute approximate surface area is 115 Å². The lowest BCUT2D eigenvalue weighted by Crippen LogP contribution is -2.27. The first-order valence-electron chi connectivity index (χ1n) is 7.09. The van der Waals surface area contributed by atoms with Crippen molar-refractivity contribution in [1.82, 2.24) is 15.5 Å². The number of hydrogen-bond donors (Lipinski definition) is 1. The van der Waals surface area contributed by atoms with Gasteiger partial charge in [0.2, 0.25) is 0 Å². The molecule has 1 aromatic heterocycles. The second-order valence-electron chi connectivity index (χ2n) is 4.41. The van der Waals surface area contributed by atoms with Crippen LogP contribution in [0.1, 0.15) is 50.5 Å². The Hall–Kier alpha value is -1.65. The van der Waals surface area contributed by atoms with Gasteiger partial charge < -0.3 is 10.2 Å². The van der Waals surface area contributed by atoms with Gasteiger partial charge >= 0.3 is 0 Å². The van der Waals surface area contributed by atoms with Crippen molar-refractivity contribution < 1.29 is 4.79 Å². The van der Waals surface area contributed by atoms with Crippen LogP contribution >= 0.6 is 0 Å². The van der Waals surface area contributed by atoms with E-state index < -0.39 is 0 Å². The molecule has 5 nitrogen and oxygen atoms in total. The van der Waals surface area contributed by atoms with Crippen molar-refractivity contribution in [3.63, 3.8) is 0 Å². The molecule has 1 N–H and O–H groups in total. The quantitative estimate of drug-likeness (QED) is 0.732. The SMILES string of the molecule is CCCCCNC(=O)c1ccc(N(CC)CC)nn1. The van der Waals surface area contributed by atoms with E-state index in [9.17, 15) is 4.79 Å². The Balaban J connectivity index is 2.53. The molecule has 5 heteroatoms. The van der Waals surface area contributed by atoms with Crippen molar-refractivity contribution in [2.45, 2.75) is 40.0 Å². The molecule has 0 saturated carbocycles. The first-order valence-corrected chi connectivity index (χ1v) is 7.09. The summed E-state index contributed by atoms with van der Waals surface area (Å²) in [4.78, 5) is 13.9. The molecule has 19 heavy (non-hydrogen) atoms. The second kappa shape index (κ2) is 8.45. The van der Waals surface area contributed by atoms with Crippen molar-refractivity contribution in [2.75, 3.05) is 24.5 Å². The molecule has 1 rings (SSSR count). The molecule has 0 spiro atoms. The zero-order valence-electron chi connectivity index (χ0n) is 12.1. The number of nitrogens with zero attached hydrogens (tertiary/aromatic N) is 3. The number of hydrogen-bond acceptors (Lipinski definition) is 4. The van der Waals surface area contributed by atoms with Crippen LogP contribution in [0.2, 0.25) is 0 Å². The summed E-state index contributed by atoms with van der Waals surface area (Å²) in [6.07, 6.45) is 3.29. The fourth-order valence-electron chi connectivity index (χ4n) is 1.83. The highest BCUT2D eigenvalue weighted by Gasteiger charge is 2.09. The fourth-order valence-corrected chi connectivity index (χ4v) is 1.83. The molecule has 1 amide bonds. The van der Waals surface area contributed by atoms with Gasteiger partial charge in [0.05, 0.1) is 0 Å². The molecule has 106 valence electrons. The second-order valence-corrected chi connectivity index (χ2v) is 4.41. The number of rotatable bonds is 8. The Morgan fingerprint density at radius 1 is 1.16 bits per heavy atom. The highest BCUT2D eigenvalue weighted by atomic mass is 16.1. The minimum Gasteiger partial charge on any atom is -0.356 e. The van der Waals surface area contributed by atoms with Crippen molar-refractivity contribution in [1.29, 1.82) is 0 Å². The summed E-state index contributed by atoms with van der Waals surface area (Å²) in [7, 11) is 0. The molecule has 0 aliphatic rings. The number of carbonyl (C=O) groups is 1. The smallest absolute Gasteiger partial charge is 0.271 e. The van der Waals surface area contributed by atoms with Gasteiger partial charge in [-0.05, 0) is 32.4 Å². The van der Waals surface area contributed by atoms with Crippen molar-refractivity contribution >= 4 is 11.7 Å². The molecule has 0 aliphatic carbocycles. The summed E-state index contributed by atoms with van der Waals surface area (Å²) in [5.41, 5.74) is 0.382. The lowest BCUT2D eigenvalue weighted by molar-refractivity contribution is 0.0947. The lowest BCUT2D eigenvalue weighted by atomic mass is 10.2. The zero-order valence-corrected chi connectivity index (χ0v) is 12.1. The number of carbonyl (C=O) groups excluding carboxylic acids is 1.